The van der Waals surface area contributed by atoms with E-state index in [1.165, 1.54) is 131 Å². The van der Waals surface area contributed by atoms with Gasteiger partial charge in [-0.2, -0.15) is 0 Å². The third-order valence-corrected chi connectivity index (χ3v) is 26.2. The predicted octanol–water partition coefficient (Wildman–Crippen LogP) is 29.9. The minimum absolute atomic E-state index is 0.889. The topological polar surface area (TPSA) is 117 Å². The van der Waals surface area contributed by atoms with Crippen LogP contribution in [0, 0.1) is 0 Å². The second-order valence-corrected chi connectivity index (χ2v) is 33.9. The molecule has 0 saturated carbocycles. The molecule has 0 unspecified atom stereocenters. The molecule has 0 N–H and O–H groups in total. The molecule has 0 aliphatic heterocycles. The summed E-state index contributed by atoms with van der Waals surface area (Å²) in [5.74, 6) is 1.78. The fourth-order valence-electron chi connectivity index (χ4n) is 20.0. The number of hydrogen-bond acceptors (Lipinski definition) is 6. The largest absolute Gasteiger partial charge is 0.315 e. The third-order valence-electron chi connectivity index (χ3n) is 26.2. The highest BCUT2D eigenvalue weighted by Gasteiger charge is 2.25. The van der Waals surface area contributed by atoms with E-state index in [1.54, 1.807) is 12.4 Å². The summed E-state index contributed by atoms with van der Waals surface area (Å²) in [6.07, 6.45) is 25.2. The van der Waals surface area contributed by atoms with Crippen LogP contribution in [0.2, 0.25) is 0 Å². The van der Waals surface area contributed by atoms with Gasteiger partial charge in [0.15, 0.2) is 0 Å². The van der Waals surface area contributed by atoms with Crippen molar-refractivity contribution >= 4 is 131 Å². The summed E-state index contributed by atoms with van der Waals surface area (Å²) in [4.78, 5) is 26.8. The van der Waals surface area contributed by atoms with Gasteiger partial charge in [-0.15, -0.1) is 0 Å². The van der Waals surface area contributed by atoms with E-state index in [1.807, 2.05) is 85.8 Å². The lowest BCUT2D eigenvalue weighted by molar-refractivity contribution is 1.04. The molecule has 0 fully saturated rings. The molecular weight excluding hydrogens is 1660 g/mol. The Morgan fingerprint density at radius 3 is 0.809 bits per heavy atom. The average Bonchev–Trinajstić information content (AvgIpc) is 1.58. The van der Waals surface area contributed by atoms with Gasteiger partial charge in [-0.1, -0.05) is 237 Å². The molecule has 0 amide bonds. The summed E-state index contributed by atoms with van der Waals surface area (Å²) >= 11 is 0. The summed E-state index contributed by atoms with van der Waals surface area (Å²) in [6.45, 7) is 0. The van der Waals surface area contributed by atoms with Crippen molar-refractivity contribution in [2.75, 3.05) is 0 Å². The van der Waals surface area contributed by atoms with E-state index in [-0.39, 0.29) is 0 Å². The fourth-order valence-corrected chi connectivity index (χ4v) is 20.0. The molecule has 0 radical (unpaired) electrons. The lowest BCUT2D eigenvalue weighted by atomic mass is 10.1. The van der Waals surface area contributed by atoms with Crippen molar-refractivity contribution in [3.8, 4) is 90.4 Å². The first kappa shape index (κ1) is 79.5. The Labute approximate surface area is 781 Å². The number of pyridine rings is 6. The van der Waals surface area contributed by atoms with Crippen LogP contribution < -0.4 is 0 Å². The van der Waals surface area contributed by atoms with Gasteiger partial charge in [-0.3, -0.25) is 29.1 Å². The van der Waals surface area contributed by atoms with Gasteiger partial charge in [0.05, 0.1) is 71.9 Å². The summed E-state index contributed by atoms with van der Waals surface area (Å²) in [6, 6.07) is 147. The average molecular weight is 1740 g/mol. The molecule has 14 nitrogen and oxygen atoms in total. The third kappa shape index (κ3) is 13.9. The number of aromatic nitrogens is 14. The quantitative estimate of drug-likeness (QED) is 0.120. The molecule has 14 heteroatoms. The second-order valence-electron chi connectivity index (χ2n) is 33.9. The van der Waals surface area contributed by atoms with Crippen molar-refractivity contribution in [3.05, 3.63) is 499 Å². The van der Waals surface area contributed by atoms with Crippen molar-refractivity contribution < 1.29 is 0 Å². The molecular formula is C122H82N14. The van der Waals surface area contributed by atoms with Gasteiger partial charge >= 0.3 is 0 Å². The van der Waals surface area contributed by atoms with E-state index in [2.05, 4.69) is 457 Å². The van der Waals surface area contributed by atoms with Gasteiger partial charge in [-0.05, 0) is 199 Å². The van der Waals surface area contributed by atoms with Crippen molar-refractivity contribution in [2.24, 2.45) is 0 Å². The predicted molar refractivity (Wildman–Crippen MR) is 559 cm³/mol. The van der Waals surface area contributed by atoms with Crippen LogP contribution >= 0.6 is 0 Å². The van der Waals surface area contributed by atoms with Crippen LogP contribution in [0.1, 0.15) is 0 Å². The van der Waals surface area contributed by atoms with E-state index in [0.717, 1.165) is 90.1 Å². The summed E-state index contributed by atoms with van der Waals surface area (Å²) in [5.41, 5.74) is 30.0. The van der Waals surface area contributed by atoms with Crippen molar-refractivity contribution in [2.45, 2.75) is 0 Å². The maximum absolute atomic E-state index is 4.84. The van der Waals surface area contributed by atoms with Crippen LogP contribution in [0.3, 0.4) is 0 Å². The molecule has 0 spiro atoms. The van der Waals surface area contributed by atoms with E-state index in [9.17, 15) is 0 Å². The Hall–Kier alpha value is -18.7. The molecule has 14 aromatic heterocycles. The molecule has 136 heavy (non-hydrogen) atoms. The van der Waals surface area contributed by atoms with Crippen LogP contribution in [0.25, 0.3) is 221 Å². The molecule has 640 valence electrons. The molecule has 28 rings (SSSR count). The van der Waals surface area contributed by atoms with E-state index >= 15 is 0 Å². The van der Waals surface area contributed by atoms with Crippen LogP contribution in [0.4, 0.5) is 0 Å². The Morgan fingerprint density at radius 1 is 0.154 bits per heavy atom. The number of benzene rings is 14. The van der Waals surface area contributed by atoms with Gasteiger partial charge in [0.25, 0.3) is 0 Å². The molecule has 0 saturated heterocycles. The molecule has 0 aliphatic carbocycles. The Bertz CT molecular complexity index is 8190. The highest BCUT2D eigenvalue weighted by atomic mass is 15.1. The number of rotatable bonds is 12. The highest BCUT2D eigenvalue weighted by molar-refractivity contribution is 6.22. The Kier molecular flexibility index (Phi) is 19.9. The first-order valence-electron chi connectivity index (χ1n) is 45.6. The van der Waals surface area contributed by atoms with Crippen LogP contribution in [0.15, 0.2) is 499 Å². The normalized spacial score (nSPS) is 11.5. The SMILES string of the molecule is c1ccc(-n2c3ccccc3c3ccc4ccn(-c5ccc(-c6ccccn6)cc5)c4c32)cc1.c1ccc(-n2c3ccccc3c3ccc4ccn(-c5ccc(-c6cccnc6)cc5)c4c32)cc1.c1ccc(-n2c3ccccc3c3ccc4ccn(-c5ccc(-c6cccnc6)cn5)c4c32)cc1.c1ccc(-n2c3ccccc3c3ccc4ccn(-c5ccc(-c6ccncc6)cn5)c4c32)cc1. The first-order chi connectivity index (χ1) is 67.5. The standard InChI is InChI=1S/2C31H21N3.2C30H20N4/c1-2-8-25(9-3-1)34-29-12-5-4-10-26(29)27-18-15-23-19-21-33(30(23)31(27)34)24-16-13-22(14-17-24)28-11-6-7-20-32-28;1-2-8-26(9-3-1)34-29-11-5-4-10-27(29)28-17-14-23-18-20-33(30(23)31(28)34)25-15-12-22(13-16-25)24-7-6-19-32-21-24;1-2-8-24(9-3-1)34-27-11-5-4-10-25(27)26-14-12-21-16-18-33(29(21)30(26)34)28-15-13-23(20-32-28)22-7-6-17-31-19-22;1-2-6-24(7-3-1)34-27-9-5-4-8-25(27)26-12-10-22-16-19-33(29(22)30(26)34)28-13-11-23(20-32-28)21-14-17-31-18-15-21/h2*1-21H;2*1-20H. The highest BCUT2D eigenvalue weighted by Crippen LogP contribution is 2.44. The van der Waals surface area contributed by atoms with Crippen LogP contribution in [-0.2, 0) is 0 Å². The van der Waals surface area contributed by atoms with Gasteiger partial charge in [0, 0.05) is 202 Å². The molecule has 0 atom stereocenters. The van der Waals surface area contributed by atoms with Crippen LogP contribution in [-0.4, -0.2) is 66.4 Å². The van der Waals surface area contributed by atoms with Crippen molar-refractivity contribution in [1.29, 1.82) is 0 Å². The molecule has 14 heterocycles. The number of nitrogens with zero attached hydrogens (tertiary/aromatic N) is 14. The molecule has 28 aromatic rings. The zero-order valence-corrected chi connectivity index (χ0v) is 73.6. The van der Waals surface area contributed by atoms with Gasteiger partial charge in [-0.25, -0.2) is 9.97 Å². The monoisotopic (exact) mass is 1740 g/mol. The first-order valence-corrected chi connectivity index (χ1v) is 45.6. The van der Waals surface area contributed by atoms with Gasteiger partial charge in [0.1, 0.15) is 11.6 Å². The number of hydrogen-bond donors (Lipinski definition) is 0. The Balaban J connectivity index is 0.0000000965. The van der Waals surface area contributed by atoms with E-state index in [4.69, 9.17) is 9.97 Å². The minimum atomic E-state index is 0.889. The van der Waals surface area contributed by atoms with Crippen molar-refractivity contribution in [1.82, 2.24) is 66.4 Å². The maximum Gasteiger partial charge on any atom is 0.137 e. The van der Waals surface area contributed by atoms with Crippen molar-refractivity contribution in [3.63, 3.8) is 0 Å². The summed E-state index contributed by atoms with van der Waals surface area (Å²) in [5, 5.41) is 14.8. The Morgan fingerprint density at radius 2 is 0.463 bits per heavy atom. The zero-order chi connectivity index (χ0) is 89.9. The van der Waals surface area contributed by atoms with Gasteiger partial charge in [0.2, 0.25) is 0 Å². The van der Waals surface area contributed by atoms with E-state index in [0.29, 0.717) is 0 Å². The summed E-state index contributed by atoms with van der Waals surface area (Å²) in [7, 11) is 0. The molecule has 0 bridgehead atoms. The lowest BCUT2D eigenvalue weighted by Crippen LogP contribution is -1.99. The second kappa shape index (κ2) is 34.0. The zero-order valence-electron chi connectivity index (χ0n) is 73.6. The minimum Gasteiger partial charge on any atom is -0.315 e. The smallest absolute Gasteiger partial charge is 0.137 e. The van der Waals surface area contributed by atoms with Crippen LogP contribution in [0.5, 0.6) is 0 Å². The lowest BCUT2D eigenvalue weighted by Gasteiger charge is -2.12. The fraction of sp³-hybridized carbons (Fsp3) is 0. The van der Waals surface area contributed by atoms with E-state index < -0.39 is 0 Å². The van der Waals surface area contributed by atoms with Gasteiger partial charge < -0.3 is 27.4 Å². The molecule has 0 aliphatic rings. The molecule has 14 aromatic carbocycles. The number of para-hydroxylation sites is 8. The summed E-state index contributed by atoms with van der Waals surface area (Å²) < 4.78 is 18.5. The number of fused-ring (bicyclic) bond motifs is 20. The maximum atomic E-state index is 4.84.